The number of fused-ring (bicyclic) bond motifs is 1. The summed E-state index contributed by atoms with van der Waals surface area (Å²) in [7, 11) is 0. The molecule has 3 rings (SSSR count). The number of hydrogen-bond donors (Lipinski definition) is 0. The number of aromatic nitrogens is 2. The first kappa shape index (κ1) is 8.56. The standard InChI is InChI=1S/C12H8N2S/c1-2-4-10-9(3-1)7-13-8-11(10)12-14-5-6-15-12/h1-8H. The van der Waals surface area contributed by atoms with Crippen molar-refractivity contribution in [3.8, 4) is 10.6 Å². The molecule has 0 spiro atoms. The lowest BCUT2D eigenvalue weighted by Gasteiger charge is -2.01. The van der Waals surface area contributed by atoms with Crippen molar-refractivity contribution in [1.82, 2.24) is 9.97 Å². The Morgan fingerprint density at radius 2 is 2.00 bits per heavy atom. The predicted molar refractivity (Wildman–Crippen MR) is 62.9 cm³/mol. The molecule has 1 aromatic carbocycles. The minimum absolute atomic E-state index is 1.03. The van der Waals surface area contributed by atoms with Crippen molar-refractivity contribution in [2.45, 2.75) is 0 Å². The molecule has 0 unspecified atom stereocenters. The fraction of sp³-hybridized carbons (Fsp3) is 0. The summed E-state index contributed by atoms with van der Waals surface area (Å²) in [6.07, 6.45) is 5.58. The van der Waals surface area contributed by atoms with Crippen LogP contribution in [-0.4, -0.2) is 9.97 Å². The van der Waals surface area contributed by atoms with E-state index in [-0.39, 0.29) is 0 Å². The molecule has 2 aromatic heterocycles. The Bertz CT molecular complexity index is 582. The summed E-state index contributed by atoms with van der Waals surface area (Å²) >= 11 is 1.64. The Balaban J connectivity index is 2.36. The van der Waals surface area contributed by atoms with Crippen LogP contribution in [0.5, 0.6) is 0 Å². The molecule has 0 bridgehead atoms. The maximum Gasteiger partial charge on any atom is 0.125 e. The maximum atomic E-state index is 4.32. The normalized spacial score (nSPS) is 10.7. The molecule has 0 aliphatic carbocycles. The number of thiazole rings is 1. The average molecular weight is 212 g/mol. The van der Waals surface area contributed by atoms with E-state index in [4.69, 9.17) is 0 Å². The first-order valence-electron chi connectivity index (χ1n) is 4.68. The van der Waals surface area contributed by atoms with Gasteiger partial charge >= 0.3 is 0 Å². The van der Waals surface area contributed by atoms with E-state index in [2.05, 4.69) is 22.1 Å². The van der Waals surface area contributed by atoms with Crippen molar-refractivity contribution in [3.63, 3.8) is 0 Å². The molecular formula is C12H8N2S. The van der Waals surface area contributed by atoms with E-state index in [0.717, 1.165) is 16.0 Å². The van der Waals surface area contributed by atoms with Gasteiger partial charge in [-0.05, 0) is 5.39 Å². The summed E-state index contributed by atoms with van der Waals surface area (Å²) in [4.78, 5) is 8.55. The van der Waals surface area contributed by atoms with Crippen LogP contribution >= 0.6 is 11.3 Å². The quantitative estimate of drug-likeness (QED) is 0.618. The topological polar surface area (TPSA) is 25.8 Å². The molecule has 0 saturated carbocycles. The number of pyridine rings is 1. The zero-order chi connectivity index (χ0) is 10.1. The lowest BCUT2D eigenvalue weighted by molar-refractivity contribution is 1.34. The summed E-state index contributed by atoms with van der Waals surface area (Å²) in [5.74, 6) is 0. The van der Waals surface area contributed by atoms with Crippen molar-refractivity contribution in [1.29, 1.82) is 0 Å². The minimum Gasteiger partial charge on any atom is -0.263 e. The molecule has 0 aliphatic heterocycles. The van der Waals surface area contributed by atoms with E-state index in [1.54, 1.807) is 11.3 Å². The van der Waals surface area contributed by atoms with Gasteiger partial charge in [0.1, 0.15) is 5.01 Å². The highest BCUT2D eigenvalue weighted by molar-refractivity contribution is 7.13. The zero-order valence-corrected chi connectivity index (χ0v) is 8.74. The first-order valence-corrected chi connectivity index (χ1v) is 5.56. The molecule has 72 valence electrons. The zero-order valence-electron chi connectivity index (χ0n) is 7.92. The molecule has 0 atom stereocenters. The van der Waals surface area contributed by atoms with Gasteiger partial charge in [-0.3, -0.25) is 4.98 Å². The smallest absolute Gasteiger partial charge is 0.125 e. The van der Waals surface area contributed by atoms with Crippen molar-refractivity contribution >= 4 is 22.1 Å². The third-order valence-corrected chi connectivity index (χ3v) is 3.14. The number of hydrogen-bond acceptors (Lipinski definition) is 3. The summed E-state index contributed by atoms with van der Waals surface area (Å²) in [6.45, 7) is 0. The van der Waals surface area contributed by atoms with Crippen LogP contribution in [0, 0.1) is 0 Å². The third-order valence-electron chi connectivity index (χ3n) is 2.33. The van der Waals surface area contributed by atoms with E-state index in [9.17, 15) is 0 Å². The molecular weight excluding hydrogens is 204 g/mol. The average Bonchev–Trinajstić information content (AvgIpc) is 2.82. The highest BCUT2D eigenvalue weighted by atomic mass is 32.1. The monoisotopic (exact) mass is 212 g/mol. The molecule has 3 aromatic rings. The summed E-state index contributed by atoms with van der Waals surface area (Å²) in [5, 5.41) is 5.38. The van der Waals surface area contributed by atoms with Crippen molar-refractivity contribution in [2.24, 2.45) is 0 Å². The van der Waals surface area contributed by atoms with Gasteiger partial charge in [0.2, 0.25) is 0 Å². The van der Waals surface area contributed by atoms with Crippen molar-refractivity contribution < 1.29 is 0 Å². The summed E-state index contributed by atoms with van der Waals surface area (Å²) in [6, 6.07) is 8.24. The van der Waals surface area contributed by atoms with E-state index in [0.29, 0.717) is 0 Å². The molecule has 0 aliphatic rings. The Morgan fingerprint density at radius 1 is 1.07 bits per heavy atom. The number of nitrogens with zero attached hydrogens (tertiary/aromatic N) is 2. The van der Waals surface area contributed by atoms with Crippen LogP contribution in [0.3, 0.4) is 0 Å². The Hall–Kier alpha value is -1.74. The van der Waals surface area contributed by atoms with Gasteiger partial charge in [-0.1, -0.05) is 24.3 Å². The Labute approximate surface area is 91.2 Å². The largest absolute Gasteiger partial charge is 0.263 e. The second-order valence-corrected chi connectivity index (χ2v) is 4.14. The lowest BCUT2D eigenvalue weighted by Crippen LogP contribution is -1.82. The van der Waals surface area contributed by atoms with E-state index < -0.39 is 0 Å². The van der Waals surface area contributed by atoms with E-state index >= 15 is 0 Å². The number of benzene rings is 1. The van der Waals surface area contributed by atoms with Crippen LogP contribution in [0.15, 0.2) is 48.2 Å². The second-order valence-electron chi connectivity index (χ2n) is 3.25. The van der Waals surface area contributed by atoms with Gasteiger partial charge in [0.05, 0.1) is 0 Å². The van der Waals surface area contributed by atoms with Crippen molar-refractivity contribution in [3.05, 3.63) is 48.2 Å². The van der Waals surface area contributed by atoms with Crippen LogP contribution < -0.4 is 0 Å². The number of rotatable bonds is 1. The molecule has 3 heteroatoms. The molecule has 0 N–H and O–H groups in total. The molecule has 0 saturated heterocycles. The predicted octanol–water partition coefficient (Wildman–Crippen LogP) is 3.36. The van der Waals surface area contributed by atoms with Gasteiger partial charge in [0.25, 0.3) is 0 Å². The van der Waals surface area contributed by atoms with Gasteiger partial charge < -0.3 is 0 Å². The molecule has 0 radical (unpaired) electrons. The summed E-state index contributed by atoms with van der Waals surface area (Å²) in [5.41, 5.74) is 1.11. The van der Waals surface area contributed by atoms with Crippen LogP contribution in [0.4, 0.5) is 0 Å². The summed E-state index contributed by atoms with van der Waals surface area (Å²) < 4.78 is 0. The van der Waals surface area contributed by atoms with E-state index in [1.165, 1.54) is 5.39 Å². The van der Waals surface area contributed by atoms with Gasteiger partial charge in [-0.25, -0.2) is 4.98 Å². The van der Waals surface area contributed by atoms with Crippen molar-refractivity contribution in [2.75, 3.05) is 0 Å². The third kappa shape index (κ3) is 1.41. The van der Waals surface area contributed by atoms with Gasteiger partial charge in [0.15, 0.2) is 0 Å². The highest BCUT2D eigenvalue weighted by Crippen LogP contribution is 2.28. The molecule has 2 heterocycles. The van der Waals surface area contributed by atoms with Crippen LogP contribution in [0.1, 0.15) is 0 Å². The van der Waals surface area contributed by atoms with Crippen LogP contribution in [0.2, 0.25) is 0 Å². The SMILES string of the molecule is c1ccc2c(-c3nccs3)cncc2c1. The first-order chi connectivity index (χ1) is 7.45. The lowest BCUT2D eigenvalue weighted by atomic mass is 10.1. The van der Waals surface area contributed by atoms with Gasteiger partial charge in [-0.15, -0.1) is 11.3 Å². The highest BCUT2D eigenvalue weighted by Gasteiger charge is 2.05. The minimum atomic E-state index is 1.03. The van der Waals surface area contributed by atoms with Gasteiger partial charge in [0, 0.05) is 34.9 Å². The van der Waals surface area contributed by atoms with E-state index in [1.807, 2.05) is 36.1 Å². The molecule has 15 heavy (non-hydrogen) atoms. The van der Waals surface area contributed by atoms with Gasteiger partial charge in [-0.2, -0.15) is 0 Å². The Kier molecular flexibility index (Phi) is 1.96. The molecule has 2 nitrogen and oxygen atoms in total. The molecule has 0 amide bonds. The second kappa shape index (κ2) is 3.44. The fourth-order valence-corrected chi connectivity index (χ4v) is 2.31. The fourth-order valence-electron chi connectivity index (χ4n) is 1.64. The van der Waals surface area contributed by atoms with Crippen LogP contribution in [-0.2, 0) is 0 Å². The Morgan fingerprint density at radius 3 is 2.87 bits per heavy atom. The van der Waals surface area contributed by atoms with Crippen LogP contribution in [0.25, 0.3) is 21.3 Å². The maximum absolute atomic E-state index is 4.32. The molecule has 0 fully saturated rings.